The second-order valence-corrected chi connectivity index (χ2v) is 9.17. The highest BCUT2D eigenvalue weighted by Gasteiger charge is 2.31. The molecule has 7 nitrogen and oxygen atoms in total. The molecule has 4 rings (SSSR count). The Bertz CT molecular complexity index is 1040. The zero-order chi connectivity index (χ0) is 21.1. The number of hydrogen-bond acceptors (Lipinski definition) is 5. The van der Waals surface area contributed by atoms with Crippen molar-refractivity contribution in [2.24, 2.45) is 0 Å². The molecule has 30 heavy (non-hydrogen) atoms. The smallest absolute Gasteiger partial charge is 0.264 e. The summed E-state index contributed by atoms with van der Waals surface area (Å²) in [7, 11) is -3.90. The highest BCUT2D eigenvalue weighted by molar-refractivity contribution is 7.92. The number of fused-ring (bicyclic) bond motifs is 1. The Morgan fingerprint density at radius 2 is 1.87 bits per heavy atom. The molecule has 1 N–H and O–H groups in total. The maximum atomic E-state index is 14.3. The molecule has 1 fully saturated rings. The van der Waals surface area contributed by atoms with Crippen molar-refractivity contribution in [3.8, 4) is 0 Å². The number of sulfonamides is 1. The zero-order valence-electron chi connectivity index (χ0n) is 16.5. The lowest BCUT2D eigenvalue weighted by atomic mass is 10.2. The summed E-state index contributed by atoms with van der Waals surface area (Å²) in [6.07, 6.45) is 0.617. The van der Waals surface area contributed by atoms with Gasteiger partial charge in [0.15, 0.2) is 0 Å². The quantitative estimate of drug-likeness (QED) is 0.749. The Morgan fingerprint density at radius 3 is 2.67 bits per heavy atom. The first-order chi connectivity index (χ1) is 14.5. The van der Waals surface area contributed by atoms with E-state index in [1.54, 1.807) is 12.1 Å². The van der Waals surface area contributed by atoms with Gasteiger partial charge in [-0.05, 0) is 36.2 Å². The molecule has 0 aromatic heterocycles. The highest BCUT2D eigenvalue weighted by atomic mass is 32.2. The number of rotatable bonds is 6. The zero-order valence-corrected chi connectivity index (χ0v) is 17.3. The second-order valence-electron chi connectivity index (χ2n) is 7.31. The largest absolute Gasteiger partial charge is 0.379 e. The molecular weight excluding hydrogens is 409 g/mol. The number of nitrogens with zero attached hydrogens (tertiary/aromatic N) is 2. The minimum absolute atomic E-state index is 0.0982. The number of ether oxygens (including phenoxy) is 1. The third-order valence-corrected chi connectivity index (χ3v) is 7.24. The van der Waals surface area contributed by atoms with E-state index in [2.05, 4.69) is 10.2 Å². The van der Waals surface area contributed by atoms with Gasteiger partial charge in [0.25, 0.3) is 15.9 Å². The first-order valence-corrected chi connectivity index (χ1v) is 11.4. The van der Waals surface area contributed by atoms with E-state index in [4.69, 9.17) is 4.74 Å². The average Bonchev–Trinajstić information content (AvgIpc) is 3.19. The lowest BCUT2D eigenvalue weighted by molar-refractivity contribution is 0.0383. The normalized spacial score (nSPS) is 17.0. The Labute approximate surface area is 175 Å². The van der Waals surface area contributed by atoms with Gasteiger partial charge in [0.05, 0.1) is 29.4 Å². The number of nitrogens with one attached hydrogen (secondary N) is 1. The van der Waals surface area contributed by atoms with Crippen molar-refractivity contribution in [2.45, 2.75) is 11.3 Å². The van der Waals surface area contributed by atoms with E-state index >= 15 is 0 Å². The van der Waals surface area contributed by atoms with Crippen molar-refractivity contribution in [1.82, 2.24) is 10.2 Å². The lowest BCUT2D eigenvalue weighted by Gasteiger charge is -2.26. The molecule has 2 heterocycles. The number of halogens is 1. The van der Waals surface area contributed by atoms with E-state index in [9.17, 15) is 17.6 Å². The van der Waals surface area contributed by atoms with Gasteiger partial charge in [-0.1, -0.05) is 18.2 Å². The fourth-order valence-corrected chi connectivity index (χ4v) is 5.30. The first kappa shape index (κ1) is 20.8. The Balaban J connectivity index is 1.49. The van der Waals surface area contributed by atoms with Crippen LogP contribution in [0.3, 0.4) is 0 Å². The number of para-hydroxylation sites is 1. The van der Waals surface area contributed by atoms with Crippen LogP contribution in [0.25, 0.3) is 0 Å². The number of morpholine rings is 1. The Morgan fingerprint density at radius 1 is 1.10 bits per heavy atom. The van der Waals surface area contributed by atoms with Gasteiger partial charge in [-0.15, -0.1) is 0 Å². The van der Waals surface area contributed by atoms with Gasteiger partial charge >= 0.3 is 0 Å². The summed E-state index contributed by atoms with van der Waals surface area (Å²) >= 11 is 0. The van der Waals surface area contributed by atoms with Gasteiger partial charge in [0.2, 0.25) is 0 Å². The summed E-state index contributed by atoms with van der Waals surface area (Å²) in [5.41, 5.74) is 1.30. The van der Waals surface area contributed by atoms with Crippen molar-refractivity contribution in [1.29, 1.82) is 0 Å². The fourth-order valence-electron chi connectivity index (χ4n) is 3.77. The van der Waals surface area contributed by atoms with Crippen LogP contribution in [0.5, 0.6) is 0 Å². The molecule has 9 heteroatoms. The average molecular weight is 434 g/mol. The Kier molecular flexibility index (Phi) is 6.03. The van der Waals surface area contributed by atoms with E-state index in [0.29, 0.717) is 45.0 Å². The van der Waals surface area contributed by atoms with Gasteiger partial charge in [0, 0.05) is 32.7 Å². The molecule has 2 aliphatic heterocycles. The molecule has 2 aliphatic rings. The maximum absolute atomic E-state index is 14.3. The van der Waals surface area contributed by atoms with Crippen molar-refractivity contribution in [3.63, 3.8) is 0 Å². The van der Waals surface area contributed by atoms with E-state index in [1.807, 2.05) is 12.1 Å². The van der Waals surface area contributed by atoms with Crippen LogP contribution >= 0.6 is 0 Å². The number of anilines is 1. The number of carbonyl (C=O) groups excluding carboxylic acids is 1. The molecule has 0 saturated carbocycles. The van der Waals surface area contributed by atoms with Crippen molar-refractivity contribution in [2.75, 3.05) is 50.2 Å². The molecule has 1 amide bonds. The number of carbonyl (C=O) groups is 1. The molecule has 0 unspecified atom stereocenters. The van der Waals surface area contributed by atoms with Crippen LogP contribution in [0, 0.1) is 5.82 Å². The summed E-state index contributed by atoms with van der Waals surface area (Å²) in [4.78, 5) is 14.5. The van der Waals surface area contributed by atoms with Crippen molar-refractivity contribution >= 4 is 21.6 Å². The molecule has 0 spiro atoms. The summed E-state index contributed by atoms with van der Waals surface area (Å²) in [6.45, 7) is 4.17. The van der Waals surface area contributed by atoms with Crippen LogP contribution in [0.2, 0.25) is 0 Å². The van der Waals surface area contributed by atoms with E-state index < -0.39 is 21.7 Å². The third-order valence-electron chi connectivity index (χ3n) is 5.43. The predicted octanol–water partition coefficient (Wildman–Crippen LogP) is 1.64. The van der Waals surface area contributed by atoms with Crippen LogP contribution in [0.1, 0.15) is 15.9 Å². The van der Waals surface area contributed by atoms with E-state index in [1.165, 1.54) is 10.4 Å². The van der Waals surface area contributed by atoms with Crippen LogP contribution in [-0.2, 0) is 21.2 Å². The standard InChI is InChI=1S/C21H24FN3O4S/c22-19-6-5-17(30(27,28)25-9-7-16-3-1-2-4-20(16)25)15-18(19)21(26)23-8-10-24-11-13-29-14-12-24/h1-6,15H,7-14H2,(H,23,26). The summed E-state index contributed by atoms with van der Waals surface area (Å²) in [6, 6.07) is 10.7. The molecule has 0 radical (unpaired) electrons. The SMILES string of the molecule is O=C(NCCN1CCOCC1)c1cc(S(=O)(=O)N2CCc3ccccc32)ccc1F. The molecule has 160 valence electrons. The van der Waals surface area contributed by atoms with Gasteiger partial charge in [-0.2, -0.15) is 0 Å². The number of amides is 1. The van der Waals surface area contributed by atoms with E-state index in [-0.39, 0.29) is 10.5 Å². The Hall–Kier alpha value is -2.49. The molecule has 1 saturated heterocycles. The van der Waals surface area contributed by atoms with Gasteiger partial charge in [0.1, 0.15) is 5.82 Å². The molecule has 2 aromatic carbocycles. The van der Waals surface area contributed by atoms with Crippen LogP contribution < -0.4 is 9.62 Å². The number of benzene rings is 2. The lowest BCUT2D eigenvalue weighted by Crippen LogP contribution is -2.41. The molecule has 2 aromatic rings. The fraction of sp³-hybridized carbons (Fsp3) is 0.381. The molecule has 0 bridgehead atoms. The minimum atomic E-state index is -3.90. The molecule has 0 aliphatic carbocycles. The topological polar surface area (TPSA) is 79.0 Å². The van der Waals surface area contributed by atoms with Crippen LogP contribution in [0.15, 0.2) is 47.4 Å². The first-order valence-electron chi connectivity index (χ1n) is 9.95. The number of hydrogen-bond donors (Lipinski definition) is 1. The van der Waals surface area contributed by atoms with Gasteiger partial charge in [-0.3, -0.25) is 14.0 Å². The maximum Gasteiger partial charge on any atom is 0.264 e. The van der Waals surface area contributed by atoms with Crippen molar-refractivity contribution < 1.29 is 22.3 Å². The summed E-state index contributed by atoms with van der Waals surface area (Å²) < 4.78 is 47.2. The molecule has 0 atom stereocenters. The second kappa shape index (κ2) is 8.71. The highest BCUT2D eigenvalue weighted by Crippen LogP contribution is 2.33. The molecular formula is C21H24FN3O4S. The third kappa shape index (κ3) is 4.19. The summed E-state index contributed by atoms with van der Waals surface area (Å²) in [5, 5.41) is 2.68. The minimum Gasteiger partial charge on any atom is -0.379 e. The van der Waals surface area contributed by atoms with Gasteiger partial charge < -0.3 is 10.1 Å². The van der Waals surface area contributed by atoms with E-state index in [0.717, 1.165) is 30.8 Å². The van der Waals surface area contributed by atoms with Crippen LogP contribution in [0.4, 0.5) is 10.1 Å². The predicted molar refractivity (Wildman–Crippen MR) is 111 cm³/mol. The monoisotopic (exact) mass is 433 g/mol. The summed E-state index contributed by atoms with van der Waals surface area (Å²) in [5.74, 6) is -1.38. The van der Waals surface area contributed by atoms with Crippen molar-refractivity contribution in [3.05, 3.63) is 59.4 Å². The van der Waals surface area contributed by atoms with Crippen LogP contribution in [-0.4, -0.2) is 65.2 Å². The van der Waals surface area contributed by atoms with Gasteiger partial charge in [-0.25, -0.2) is 12.8 Å².